The highest BCUT2D eigenvalue weighted by atomic mass is 79.9. The summed E-state index contributed by atoms with van der Waals surface area (Å²) in [5.74, 6) is 2.59. The largest absolute Gasteiger partial charge is 0.502 e. The predicted molar refractivity (Wildman–Crippen MR) is 251 cm³/mol. The maximum Gasteiger partial charge on any atom is 0.490 e. The first-order valence-electron chi connectivity index (χ1n) is 20.0. The second kappa shape index (κ2) is 24.8. The van der Waals surface area contributed by atoms with Crippen LogP contribution in [0.5, 0.6) is 0 Å². The molecule has 1 saturated heterocycles. The topological polar surface area (TPSA) is 117 Å². The van der Waals surface area contributed by atoms with Crippen molar-refractivity contribution in [3.63, 3.8) is 0 Å². The van der Waals surface area contributed by atoms with Crippen molar-refractivity contribution < 1.29 is 28.3 Å². The van der Waals surface area contributed by atoms with E-state index in [0.717, 1.165) is 58.6 Å². The Morgan fingerprint density at radius 1 is 0.695 bits per heavy atom. The van der Waals surface area contributed by atoms with Crippen LogP contribution in [-0.2, 0) is 41.7 Å². The number of nitrogens with zero attached hydrogens (tertiary/aromatic N) is 6. The van der Waals surface area contributed by atoms with Crippen LogP contribution in [0.2, 0.25) is 51.4 Å². The summed E-state index contributed by atoms with van der Waals surface area (Å²) in [7, 11) is -2.44. The molecule has 0 aliphatic carbocycles. The summed E-state index contributed by atoms with van der Waals surface area (Å²) in [4.78, 5) is 17.5. The molecular weight excluding hydrogens is 843 g/mol. The van der Waals surface area contributed by atoms with Gasteiger partial charge in [-0.2, -0.15) is 0 Å². The molecule has 0 amide bonds. The van der Waals surface area contributed by atoms with Crippen molar-refractivity contribution >= 4 is 45.3 Å². The van der Waals surface area contributed by atoms with E-state index < -0.39 is 16.1 Å². The van der Waals surface area contributed by atoms with Crippen LogP contribution in [0.25, 0.3) is 28.9 Å². The lowest BCUT2D eigenvalue weighted by atomic mass is 9.90. The predicted octanol–water partition coefficient (Wildman–Crippen LogP) is 11.1. The van der Waals surface area contributed by atoms with Crippen molar-refractivity contribution in [2.75, 3.05) is 26.4 Å². The Balaban J connectivity index is 0.000000313. The fourth-order valence-electron chi connectivity index (χ4n) is 5.03. The van der Waals surface area contributed by atoms with Gasteiger partial charge in [0.15, 0.2) is 4.73 Å². The van der Waals surface area contributed by atoms with Crippen molar-refractivity contribution in [1.82, 2.24) is 29.1 Å². The first-order valence-corrected chi connectivity index (χ1v) is 28.2. The van der Waals surface area contributed by atoms with E-state index in [4.69, 9.17) is 28.3 Å². The van der Waals surface area contributed by atoms with Gasteiger partial charge in [-0.15, -0.1) is 0 Å². The van der Waals surface area contributed by atoms with Crippen LogP contribution >= 0.6 is 15.9 Å². The number of halogens is 1. The van der Waals surface area contributed by atoms with E-state index in [0.29, 0.717) is 26.7 Å². The summed E-state index contributed by atoms with van der Waals surface area (Å²) >= 11 is 3.46. The molecular formula is C43H70BBrN6O6Si2. The SMILES string of the molecule is C.CCO/C=C/B1OC(C)(C)C(C)(C)O1.CCO/C=C/c1ncc(-c2ccccn2)n1COCC[Si](C)(C)C.C[Si](C)(C)CCOCn1c(-c2ccccn2)cnc1Br. The van der Waals surface area contributed by atoms with Crippen LogP contribution in [0.4, 0.5) is 0 Å². The zero-order valence-electron chi connectivity index (χ0n) is 36.8. The fourth-order valence-corrected chi connectivity index (χ4v) is 6.94. The summed E-state index contributed by atoms with van der Waals surface area (Å²) in [5.41, 5.74) is 3.15. The molecule has 0 aromatic carbocycles. The monoisotopic (exact) mass is 912 g/mol. The van der Waals surface area contributed by atoms with E-state index in [9.17, 15) is 0 Å². The standard InChI is InChI=1S/C18H27N3O2Si.C14H20BrN3OSi.C10H19BO3.CH4/c1-5-22-11-9-18-20-14-17(16-8-6-7-10-19-16)21(18)15-23-12-13-24(2,3)4;1-20(2,3)9-8-19-11-18-13(10-17-14(18)15)12-6-4-5-7-16-12;1-6-12-8-7-11-13-9(2,3)10(4,5)14-11;/h6-11,14H,5,12-13,15H2,1-4H3;4-7,10H,8-9,11H2,1-3H3;7-8H,6H2,1-5H3;1H4/b11-9+;;8-7+;. The van der Waals surface area contributed by atoms with Gasteiger partial charge in [-0.1, -0.05) is 58.8 Å². The minimum atomic E-state index is -1.09. The Kier molecular flexibility index (Phi) is 21.7. The Bertz CT molecular complexity index is 1810. The number of pyridine rings is 2. The van der Waals surface area contributed by atoms with Crippen molar-refractivity contribution in [3.8, 4) is 22.8 Å². The van der Waals surface area contributed by atoms with Gasteiger partial charge in [0, 0.05) is 47.8 Å². The van der Waals surface area contributed by atoms with Crippen LogP contribution < -0.4 is 0 Å². The van der Waals surface area contributed by atoms with Gasteiger partial charge in [0.2, 0.25) is 0 Å². The van der Waals surface area contributed by atoms with Crippen LogP contribution in [0, 0.1) is 0 Å². The number of aromatic nitrogens is 6. The van der Waals surface area contributed by atoms with E-state index in [-0.39, 0.29) is 25.7 Å². The van der Waals surface area contributed by atoms with Gasteiger partial charge >= 0.3 is 7.12 Å². The molecule has 0 saturated carbocycles. The normalized spacial score (nSPS) is 14.7. The quantitative estimate of drug-likeness (QED) is 0.0542. The van der Waals surface area contributed by atoms with E-state index >= 15 is 0 Å². The van der Waals surface area contributed by atoms with E-state index in [1.165, 1.54) is 0 Å². The molecule has 0 unspecified atom stereocenters. The van der Waals surface area contributed by atoms with Crippen LogP contribution in [0.15, 0.2) is 84.4 Å². The van der Waals surface area contributed by atoms with Gasteiger partial charge < -0.3 is 28.3 Å². The maximum atomic E-state index is 5.92. The molecule has 5 heterocycles. The molecule has 59 heavy (non-hydrogen) atoms. The third-order valence-electron chi connectivity index (χ3n) is 9.23. The van der Waals surface area contributed by atoms with Crippen LogP contribution in [-0.4, -0.2) is 90.0 Å². The Labute approximate surface area is 365 Å². The first-order chi connectivity index (χ1) is 27.4. The number of ether oxygens (including phenoxy) is 4. The molecule has 16 heteroatoms. The van der Waals surface area contributed by atoms with Crippen molar-refractivity contribution in [2.45, 2.75) is 125 Å². The van der Waals surface area contributed by atoms with Crippen LogP contribution in [0.3, 0.4) is 0 Å². The molecule has 4 aromatic heterocycles. The second-order valence-corrected chi connectivity index (χ2v) is 29.0. The van der Waals surface area contributed by atoms with Crippen molar-refractivity contribution in [3.05, 3.63) is 90.2 Å². The molecule has 4 aromatic rings. The summed E-state index contributed by atoms with van der Waals surface area (Å²) in [6.07, 6.45) is 12.4. The average Bonchev–Trinajstić information content (AvgIpc) is 3.80. The lowest BCUT2D eigenvalue weighted by Gasteiger charge is -2.32. The third-order valence-corrected chi connectivity index (χ3v) is 13.3. The number of imidazole rings is 2. The smallest absolute Gasteiger partial charge is 0.490 e. The first kappa shape index (κ1) is 51.8. The molecule has 5 rings (SSSR count). The maximum absolute atomic E-state index is 5.92. The van der Waals surface area contributed by atoms with Gasteiger partial charge in [-0.25, -0.2) is 9.97 Å². The highest BCUT2D eigenvalue weighted by molar-refractivity contribution is 9.10. The van der Waals surface area contributed by atoms with Crippen molar-refractivity contribution in [1.29, 1.82) is 0 Å². The lowest BCUT2D eigenvalue weighted by Crippen LogP contribution is -2.41. The Morgan fingerprint density at radius 2 is 1.17 bits per heavy atom. The zero-order chi connectivity index (χ0) is 42.8. The molecule has 1 aliphatic heterocycles. The molecule has 0 spiro atoms. The molecule has 12 nitrogen and oxygen atoms in total. The van der Waals surface area contributed by atoms with Gasteiger partial charge in [-0.05, 0) is 99.8 Å². The number of rotatable bonds is 18. The van der Waals surface area contributed by atoms with Crippen molar-refractivity contribution in [2.24, 2.45) is 0 Å². The van der Waals surface area contributed by atoms with Gasteiger partial charge in [0.05, 0.1) is 72.1 Å². The number of hydrogen-bond donors (Lipinski definition) is 0. The van der Waals surface area contributed by atoms with Gasteiger partial charge in [0.25, 0.3) is 0 Å². The minimum absolute atomic E-state index is 0. The van der Waals surface area contributed by atoms with E-state index in [1.54, 1.807) is 30.9 Å². The molecule has 0 radical (unpaired) electrons. The molecule has 0 atom stereocenters. The van der Waals surface area contributed by atoms with Gasteiger partial charge in [-0.3, -0.25) is 19.1 Å². The fraction of sp³-hybridized carbons (Fsp3) is 0.535. The Morgan fingerprint density at radius 3 is 1.64 bits per heavy atom. The van der Waals surface area contributed by atoms with Crippen LogP contribution in [0.1, 0.15) is 54.8 Å². The Hall–Kier alpha value is -3.38. The van der Waals surface area contributed by atoms with E-state index in [2.05, 4.69) is 75.1 Å². The molecule has 0 N–H and O–H groups in total. The van der Waals surface area contributed by atoms with Gasteiger partial charge in [0.1, 0.15) is 19.3 Å². The highest BCUT2D eigenvalue weighted by Crippen LogP contribution is 2.36. The highest BCUT2D eigenvalue weighted by Gasteiger charge is 2.50. The molecule has 1 fully saturated rings. The minimum Gasteiger partial charge on any atom is -0.502 e. The molecule has 1 aliphatic rings. The summed E-state index contributed by atoms with van der Waals surface area (Å²) < 4.78 is 38.3. The summed E-state index contributed by atoms with van der Waals surface area (Å²) in [6.45, 7) is 29.9. The summed E-state index contributed by atoms with van der Waals surface area (Å²) in [6, 6.07) is 14.0. The second-order valence-electron chi connectivity index (χ2n) is 17.1. The third kappa shape index (κ3) is 18.0. The van der Waals surface area contributed by atoms with E-state index in [1.807, 2.05) is 106 Å². The zero-order valence-corrected chi connectivity index (χ0v) is 40.4. The summed E-state index contributed by atoms with van der Waals surface area (Å²) in [5, 5.41) is 0. The number of hydrogen-bond acceptors (Lipinski definition) is 10. The lowest BCUT2D eigenvalue weighted by molar-refractivity contribution is 0.00578. The molecule has 326 valence electrons. The average molecular weight is 914 g/mol. The molecule has 0 bridgehead atoms.